The van der Waals surface area contributed by atoms with Gasteiger partial charge in [0.25, 0.3) is 0 Å². The van der Waals surface area contributed by atoms with Gasteiger partial charge in [-0.1, -0.05) is 111 Å². The molecule has 0 bridgehead atoms. The molecule has 0 aromatic heterocycles. The third-order valence-corrected chi connectivity index (χ3v) is 5.58. The highest BCUT2D eigenvalue weighted by atomic mass is 16.6. The highest BCUT2D eigenvalue weighted by Crippen LogP contribution is 2.20. The van der Waals surface area contributed by atoms with Gasteiger partial charge in [0.2, 0.25) is 0 Å². The minimum atomic E-state index is -0.796. The fourth-order valence-electron chi connectivity index (χ4n) is 3.72. The molecule has 0 fully saturated rings. The summed E-state index contributed by atoms with van der Waals surface area (Å²) in [5.74, 6) is 0. The van der Waals surface area contributed by atoms with Crippen molar-refractivity contribution in [1.82, 2.24) is 0 Å². The van der Waals surface area contributed by atoms with Crippen LogP contribution in [0.5, 0.6) is 0 Å². The Bertz CT molecular complexity index is 870. The third-order valence-electron chi connectivity index (χ3n) is 5.58. The van der Waals surface area contributed by atoms with Crippen molar-refractivity contribution in [2.45, 2.75) is 64.3 Å². The van der Waals surface area contributed by atoms with Crippen molar-refractivity contribution in [3.05, 3.63) is 108 Å². The van der Waals surface area contributed by atoms with Crippen molar-refractivity contribution >= 4 is 0 Å². The summed E-state index contributed by atoms with van der Waals surface area (Å²) < 4.78 is 18.5. The molecule has 176 valence electrons. The molecule has 3 atom stereocenters. The van der Waals surface area contributed by atoms with Crippen LogP contribution in [0.4, 0.5) is 0 Å². The van der Waals surface area contributed by atoms with E-state index in [2.05, 4.69) is 19.1 Å². The average Bonchev–Trinajstić information content (AvgIpc) is 2.87. The van der Waals surface area contributed by atoms with Gasteiger partial charge in [-0.2, -0.15) is 0 Å². The molecule has 0 heterocycles. The molecule has 0 spiro atoms. The molecule has 33 heavy (non-hydrogen) atoms. The van der Waals surface area contributed by atoms with Crippen LogP contribution in [0.3, 0.4) is 0 Å². The summed E-state index contributed by atoms with van der Waals surface area (Å²) in [6.07, 6.45) is 1.35. The Morgan fingerprint density at radius 3 is 1.67 bits per heavy atom. The molecule has 1 N–H and O–H groups in total. The van der Waals surface area contributed by atoms with Crippen LogP contribution in [-0.4, -0.2) is 30.0 Å². The molecule has 0 saturated carbocycles. The predicted octanol–water partition coefficient (Wildman–Crippen LogP) is 5.93. The molecule has 0 aliphatic carbocycles. The number of rotatable bonds is 15. The van der Waals surface area contributed by atoms with Gasteiger partial charge in [0.15, 0.2) is 0 Å². The van der Waals surface area contributed by atoms with E-state index in [0.29, 0.717) is 19.8 Å². The molecule has 3 aromatic carbocycles. The highest BCUT2D eigenvalue weighted by Gasteiger charge is 2.30. The first-order chi connectivity index (χ1) is 16.3. The standard InChI is InChI=1S/C29H36O4/c1-2-3-19-28(32-21-25-15-9-5-10-16-25)29(33-22-26-17-11-6-12-18-26)27(30)23-31-20-24-13-7-4-8-14-24/h4-18,27-30H,2-3,19-23H2,1H3/t27-,28-,29+/m1/s1. The van der Waals surface area contributed by atoms with Crippen molar-refractivity contribution in [1.29, 1.82) is 0 Å². The number of aliphatic hydroxyl groups is 1. The lowest BCUT2D eigenvalue weighted by molar-refractivity contribution is -0.149. The smallest absolute Gasteiger partial charge is 0.112 e. The SMILES string of the molecule is CCCC[C@@H](OCc1ccccc1)[C@@H](OCc1ccccc1)[C@H](O)COCc1ccccc1. The number of unbranched alkanes of at least 4 members (excludes halogenated alkanes) is 1. The number of aliphatic hydroxyl groups excluding tert-OH is 1. The van der Waals surface area contributed by atoms with Crippen LogP contribution in [0, 0.1) is 0 Å². The maximum Gasteiger partial charge on any atom is 0.112 e. The lowest BCUT2D eigenvalue weighted by Crippen LogP contribution is -2.43. The summed E-state index contributed by atoms with van der Waals surface area (Å²) in [4.78, 5) is 0. The van der Waals surface area contributed by atoms with Crippen molar-refractivity contribution in [3.8, 4) is 0 Å². The van der Waals surface area contributed by atoms with E-state index in [1.165, 1.54) is 0 Å². The molecule has 3 aromatic rings. The molecular formula is C29H36O4. The van der Waals surface area contributed by atoms with Gasteiger partial charge in [-0.3, -0.25) is 0 Å². The Labute approximate surface area is 198 Å². The van der Waals surface area contributed by atoms with E-state index in [4.69, 9.17) is 14.2 Å². The lowest BCUT2D eigenvalue weighted by atomic mass is 10.0. The minimum Gasteiger partial charge on any atom is -0.388 e. The summed E-state index contributed by atoms with van der Waals surface area (Å²) in [5.41, 5.74) is 3.25. The fourth-order valence-corrected chi connectivity index (χ4v) is 3.72. The first kappa shape index (κ1) is 25.1. The van der Waals surface area contributed by atoms with Crippen LogP contribution < -0.4 is 0 Å². The largest absolute Gasteiger partial charge is 0.388 e. The zero-order valence-corrected chi connectivity index (χ0v) is 19.5. The second kappa shape index (κ2) is 14.6. The summed E-state index contributed by atoms with van der Waals surface area (Å²) >= 11 is 0. The molecule has 0 aliphatic rings. The molecule has 0 amide bonds. The van der Waals surface area contributed by atoms with E-state index in [-0.39, 0.29) is 12.7 Å². The second-order valence-electron chi connectivity index (χ2n) is 8.31. The monoisotopic (exact) mass is 448 g/mol. The van der Waals surface area contributed by atoms with Gasteiger partial charge < -0.3 is 19.3 Å². The summed E-state index contributed by atoms with van der Waals surface area (Å²) in [5, 5.41) is 11.1. The number of hydrogen-bond acceptors (Lipinski definition) is 4. The fraction of sp³-hybridized carbons (Fsp3) is 0.379. The normalized spacial score (nSPS) is 14.0. The van der Waals surface area contributed by atoms with Crippen LogP contribution in [0.1, 0.15) is 42.9 Å². The highest BCUT2D eigenvalue weighted by molar-refractivity contribution is 5.15. The van der Waals surface area contributed by atoms with Crippen molar-refractivity contribution in [2.75, 3.05) is 6.61 Å². The second-order valence-corrected chi connectivity index (χ2v) is 8.31. The van der Waals surface area contributed by atoms with E-state index >= 15 is 0 Å². The molecule has 4 nitrogen and oxygen atoms in total. The van der Waals surface area contributed by atoms with Crippen LogP contribution in [-0.2, 0) is 34.0 Å². The Hall–Kier alpha value is -2.50. The average molecular weight is 449 g/mol. The van der Waals surface area contributed by atoms with Gasteiger partial charge >= 0.3 is 0 Å². The van der Waals surface area contributed by atoms with Gasteiger partial charge in [-0.15, -0.1) is 0 Å². The maximum atomic E-state index is 11.1. The Kier molecular flexibility index (Phi) is 11.1. The molecule has 3 rings (SSSR count). The van der Waals surface area contributed by atoms with Crippen LogP contribution >= 0.6 is 0 Å². The third kappa shape index (κ3) is 9.10. The minimum absolute atomic E-state index is 0.186. The van der Waals surface area contributed by atoms with E-state index in [1.54, 1.807) is 0 Å². The van der Waals surface area contributed by atoms with Gasteiger partial charge in [0.05, 0.1) is 32.5 Å². The lowest BCUT2D eigenvalue weighted by Gasteiger charge is -2.31. The van der Waals surface area contributed by atoms with E-state index in [1.807, 2.05) is 78.9 Å². The zero-order valence-electron chi connectivity index (χ0n) is 19.5. The topological polar surface area (TPSA) is 47.9 Å². The van der Waals surface area contributed by atoms with Crippen molar-refractivity contribution in [2.24, 2.45) is 0 Å². The Morgan fingerprint density at radius 1 is 0.667 bits per heavy atom. The van der Waals surface area contributed by atoms with Crippen LogP contribution in [0.15, 0.2) is 91.0 Å². The quantitative estimate of drug-likeness (QED) is 0.313. The van der Waals surface area contributed by atoms with Gasteiger partial charge in [0.1, 0.15) is 12.2 Å². The zero-order chi connectivity index (χ0) is 23.1. The van der Waals surface area contributed by atoms with E-state index in [0.717, 1.165) is 36.0 Å². The Morgan fingerprint density at radius 2 is 1.15 bits per heavy atom. The van der Waals surface area contributed by atoms with Gasteiger partial charge in [-0.25, -0.2) is 0 Å². The van der Waals surface area contributed by atoms with E-state index in [9.17, 15) is 5.11 Å². The predicted molar refractivity (Wildman–Crippen MR) is 132 cm³/mol. The molecular weight excluding hydrogens is 412 g/mol. The molecule has 4 heteroatoms. The van der Waals surface area contributed by atoms with Crippen LogP contribution in [0.2, 0.25) is 0 Å². The number of benzene rings is 3. The number of ether oxygens (including phenoxy) is 3. The van der Waals surface area contributed by atoms with Gasteiger partial charge in [-0.05, 0) is 23.1 Å². The maximum absolute atomic E-state index is 11.1. The number of hydrogen-bond donors (Lipinski definition) is 1. The van der Waals surface area contributed by atoms with Crippen molar-refractivity contribution in [3.63, 3.8) is 0 Å². The summed E-state index contributed by atoms with van der Waals surface area (Å²) in [6.45, 7) is 3.70. The summed E-state index contributed by atoms with van der Waals surface area (Å²) in [6, 6.07) is 30.1. The van der Waals surface area contributed by atoms with Crippen molar-refractivity contribution < 1.29 is 19.3 Å². The van der Waals surface area contributed by atoms with Gasteiger partial charge in [0, 0.05) is 0 Å². The molecule has 0 saturated heterocycles. The van der Waals surface area contributed by atoms with E-state index < -0.39 is 12.2 Å². The first-order valence-corrected chi connectivity index (χ1v) is 11.9. The Balaban J connectivity index is 1.66. The summed E-state index contributed by atoms with van der Waals surface area (Å²) in [7, 11) is 0. The first-order valence-electron chi connectivity index (χ1n) is 11.9. The molecule has 0 radical (unpaired) electrons. The van der Waals surface area contributed by atoms with Crippen LogP contribution in [0.25, 0.3) is 0 Å². The molecule has 0 aliphatic heterocycles. The molecule has 0 unspecified atom stereocenters.